The first-order valence-corrected chi connectivity index (χ1v) is 10.1. The molecule has 2 aliphatic heterocycles. The number of H-pyrrole nitrogens is 1. The summed E-state index contributed by atoms with van der Waals surface area (Å²) in [7, 11) is 0. The van der Waals surface area contributed by atoms with Crippen LogP contribution in [0.25, 0.3) is 17.3 Å². The maximum Gasteiger partial charge on any atom is 0.254 e. The molecule has 0 radical (unpaired) electrons. The largest absolute Gasteiger partial charge is 0.359 e. The lowest BCUT2D eigenvalue weighted by atomic mass is 9.98. The number of carbonyl (C=O) groups excluding carboxylic acids is 1. The molecule has 8 nitrogen and oxygen atoms in total. The van der Waals surface area contributed by atoms with Gasteiger partial charge in [0.1, 0.15) is 5.92 Å². The average Bonchev–Trinajstić information content (AvgIpc) is 3.32. The zero-order chi connectivity index (χ0) is 20.9. The van der Waals surface area contributed by atoms with Gasteiger partial charge in [-0.2, -0.15) is 5.10 Å². The summed E-state index contributed by atoms with van der Waals surface area (Å²) in [5.74, 6) is -0.702. The highest BCUT2D eigenvalue weighted by atomic mass is 16.2. The zero-order valence-corrected chi connectivity index (χ0v) is 17.1. The van der Waals surface area contributed by atoms with E-state index in [2.05, 4.69) is 50.0 Å². The minimum atomic E-state index is -0.517. The second kappa shape index (κ2) is 8.87. The summed E-state index contributed by atoms with van der Waals surface area (Å²) in [5, 5.41) is 10.5. The molecule has 1 amide bonds. The van der Waals surface area contributed by atoms with Gasteiger partial charge < -0.3 is 15.6 Å². The SMILES string of the molecule is CCNCCc1c(C)[nH]c(C=C2NC=CN=C2C2C=NNC2=O)c1-c1ccccn1. The number of pyridine rings is 1. The van der Waals surface area contributed by atoms with Gasteiger partial charge in [-0.25, -0.2) is 5.43 Å². The Hall–Kier alpha value is -3.52. The van der Waals surface area contributed by atoms with Gasteiger partial charge >= 0.3 is 0 Å². The molecule has 0 bridgehead atoms. The van der Waals surface area contributed by atoms with Crippen LogP contribution in [0.5, 0.6) is 0 Å². The first kappa shape index (κ1) is 19.8. The van der Waals surface area contributed by atoms with Crippen LogP contribution in [0.1, 0.15) is 23.9 Å². The molecule has 2 aliphatic rings. The van der Waals surface area contributed by atoms with Crippen molar-refractivity contribution >= 4 is 23.9 Å². The summed E-state index contributed by atoms with van der Waals surface area (Å²) in [6, 6.07) is 5.92. The molecule has 4 heterocycles. The van der Waals surface area contributed by atoms with Crippen LogP contribution in [0.3, 0.4) is 0 Å². The Morgan fingerprint density at radius 1 is 1.30 bits per heavy atom. The van der Waals surface area contributed by atoms with Crippen LogP contribution in [-0.4, -0.2) is 40.9 Å². The monoisotopic (exact) mass is 403 g/mol. The van der Waals surface area contributed by atoms with Crippen molar-refractivity contribution in [3.63, 3.8) is 0 Å². The number of hydrogen-bond donors (Lipinski definition) is 4. The van der Waals surface area contributed by atoms with E-state index in [1.807, 2.05) is 24.3 Å². The Bertz CT molecular complexity index is 1050. The van der Waals surface area contributed by atoms with Crippen molar-refractivity contribution in [1.29, 1.82) is 0 Å². The summed E-state index contributed by atoms with van der Waals surface area (Å²) in [5.41, 5.74) is 9.09. The Balaban J connectivity index is 1.77. The molecular weight excluding hydrogens is 378 g/mol. The predicted octanol–water partition coefficient (Wildman–Crippen LogP) is 2.13. The lowest BCUT2D eigenvalue weighted by Gasteiger charge is -2.16. The number of amides is 1. The maximum atomic E-state index is 12.1. The number of carbonyl (C=O) groups is 1. The van der Waals surface area contributed by atoms with Gasteiger partial charge in [-0.05, 0) is 50.2 Å². The molecule has 4 N–H and O–H groups in total. The lowest BCUT2D eigenvalue weighted by molar-refractivity contribution is -0.120. The van der Waals surface area contributed by atoms with Gasteiger partial charge in [0.2, 0.25) is 0 Å². The van der Waals surface area contributed by atoms with Gasteiger partial charge in [0.15, 0.2) is 0 Å². The van der Waals surface area contributed by atoms with Crippen molar-refractivity contribution in [3.8, 4) is 11.3 Å². The maximum absolute atomic E-state index is 12.1. The number of hydrazone groups is 1. The molecule has 1 atom stereocenters. The van der Waals surface area contributed by atoms with Gasteiger partial charge in [0.25, 0.3) is 5.91 Å². The Kier molecular flexibility index (Phi) is 5.85. The fourth-order valence-corrected chi connectivity index (χ4v) is 3.71. The van der Waals surface area contributed by atoms with Crippen LogP contribution in [0.2, 0.25) is 0 Å². The van der Waals surface area contributed by atoms with E-state index < -0.39 is 5.92 Å². The normalized spacial score (nSPS) is 19.1. The smallest absolute Gasteiger partial charge is 0.254 e. The lowest BCUT2D eigenvalue weighted by Crippen LogP contribution is -2.32. The van der Waals surface area contributed by atoms with Crippen LogP contribution < -0.4 is 16.1 Å². The number of aryl methyl sites for hydroxylation is 1. The number of nitrogens with zero attached hydrogens (tertiary/aromatic N) is 3. The van der Waals surface area contributed by atoms with Crippen LogP contribution in [0, 0.1) is 12.8 Å². The zero-order valence-electron chi connectivity index (χ0n) is 17.1. The fourth-order valence-electron chi connectivity index (χ4n) is 3.71. The summed E-state index contributed by atoms with van der Waals surface area (Å²) in [4.78, 5) is 24.7. The molecular formula is C22H25N7O. The third-order valence-electron chi connectivity index (χ3n) is 5.14. The number of likely N-dealkylation sites (N-methyl/N-ethyl adjacent to an activating group) is 1. The molecule has 1 unspecified atom stereocenters. The van der Waals surface area contributed by atoms with Gasteiger partial charge in [-0.3, -0.25) is 14.8 Å². The van der Waals surface area contributed by atoms with E-state index in [9.17, 15) is 4.79 Å². The molecule has 0 saturated carbocycles. The highest BCUT2D eigenvalue weighted by Crippen LogP contribution is 2.31. The molecule has 0 aliphatic carbocycles. The highest BCUT2D eigenvalue weighted by Gasteiger charge is 2.30. The van der Waals surface area contributed by atoms with Crippen LogP contribution in [0.4, 0.5) is 0 Å². The van der Waals surface area contributed by atoms with Crippen molar-refractivity contribution < 1.29 is 4.79 Å². The Labute approximate surface area is 175 Å². The first-order valence-electron chi connectivity index (χ1n) is 10.1. The number of nitrogens with one attached hydrogen (secondary N) is 4. The highest BCUT2D eigenvalue weighted by molar-refractivity contribution is 6.24. The number of rotatable bonds is 7. The van der Waals surface area contributed by atoms with Crippen LogP contribution in [-0.2, 0) is 11.2 Å². The third-order valence-corrected chi connectivity index (χ3v) is 5.14. The molecule has 0 saturated heterocycles. The van der Waals surface area contributed by atoms with E-state index in [4.69, 9.17) is 0 Å². The van der Waals surface area contributed by atoms with E-state index >= 15 is 0 Å². The van der Waals surface area contributed by atoms with Crippen molar-refractivity contribution in [3.05, 3.63) is 59.4 Å². The van der Waals surface area contributed by atoms with Crippen molar-refractivity contribution in [2.24, 2.45) is 16.0 Å². The standard InChI is InChI=1S/C22H25N7O/c1-3-23-9-7-15-14(2)28-18(20(15)17-6-4-5-8-24-17)12-19-21(26-11-10-25-19)16-13-27-29-22(16)30/h4-6,8,10-13,16,23,25,28H,3,7,9H2,1-2H3,(H,29,30). The van der Waals surface area contributed by atoms with E-state index in [-0.39, 0.29) is 5.91 Å². The molecule has 154 valence electrons. The predicted molar refractivity (Wildman–Crippen MR) is 119 cm³/mol. The molecule has 0 fully saturated rings. The summed E-state index contributed by atoms with van der Waals surface area (Å²) < 4.78 is 0. The van der Waals surface area contributed by atoms with Gasteiger partial charge in [0.05, 0.1) is 22.8 Å². The van der Waals surface area contributed by atoms with E-state index in [1.54, 1.807) is 24.8 Å². The molecule has 0 aromatic carbocycles. The summed E-state index contributed by atoms with van der Waals surface area (Å²) >= 11 is 0. The number of aliphatic imine (C=N–C) groups is 1. The number of allylic oxidation sites excluding steroid dienone is 1. The molecule has 8 heteroatoms. The minimum absolute atomic E-state index is 0.185. The summed E-state index contributed by atoms with van der Waals surface area (Å²) in [6.45, 7) is 6.00. The third kappa shape index (κ3) is 3.95. The summed E-state index contributed by atoms with van der Waals surface area (Å²) in [6.07, 6.45) is 9.66. The number of aromatic nitrogens is 2. The van der Waals surface area contributed by atoms with E-state index in [0.717, 1.165) is 47.9 Å². The van der Waals surface area contributed by atoms with Crippen LogP contribution in [0.15, 0.2) is 52.6 Å². The van der Waals surface area contributed by atoms with Crippen molar-refractivity contribution in [2.75, 3.05) is 13.1 Å². The van der Waals surface area contributed by atoms with Gasteiger partial charge in [-0.15, -0.1) is 0 Å². The van der Waals surface area contributed by atoms with E-state index in [1.165, 1.54) is 5.56 Å². The first-order chi connectivity index (χ1) is 14.7. The molecule has 0 spiro atoms. The Morgan fingerprint density at radius 3 is 2.93 bits per heavy atom. The fraction of sp³-hybridized carbons (Fsp3) is 0.273. The second-order valence-electron chi connectivity index (χ2n) is 7.10. The molecule has 30 heavy (non-hydrogen) atoms. The Morgan fingerprint density at radius 2 is 2.20 bits per heavy atom. The quantitative estimate of drug-likeness (QED) is 0.531. The minimum Gasteiger partial charge on any atom is -0.359 e. The molecule has 2 aromatic heterocycles. The second-order valence-corrected chi connectivity index (χ2v) is 7.10. The number of hydrogen-bond acceptors (Lipinski definition) is 6. The van der Waals surface area contributed by atoms with Gasteiger partial charge in [-0.1, -0.05) is 13.0 Å². The molecule has 2 aromatic rings. The number of aromatic amines is 1. The van der Waals surface area contributed by atoms with Crippen molar-refractivity contribution in [1.82, 2.24) is 26.0 Å². The average molecular weight is 403 g/mol. The molecule has 4 rings (SSSR count). The van der Waals surface area contributed by atoms with E-state index in [0.29, 0.717) is 5.71 Å². The van der Waals surface area contributed by atoms with Crippen molar-refractivity contribution in [2.45, 2.75) is 20.3 Å². The van der Waals surface area contributed by atoms with Gasteiger partial charge in [0, 0.05) is 36.1 Å². The topological polar surface area (TPSA) is 107 Å². The van der Waals surface area contributed by atoms with Crippen LogP contribution >= 0.6 is 0 Å².